The summed E-state index contributed by atoms with van der Waals surface area (Å²) in [5, 5.41) is 19.2. The zero-order chi connectivity index (χ0) is 25.8. The molecule has 0 unspecified atom stereocenters. The Kier molecular flexibility index (Phi) is 6.97. The fourth-order valence-corrected chi connectivity index (χ4v) is 5.53. The molecule has 0 saturated carbocycles. The fourth-order valence-electron chi connectivity index (χ4n) is 5.53. The number of allylic oxidation sites excluding steroid dienone is 3. The van der Waals surface area contributed by atoms with Crippen molar-refractivity contribution in [3.8, 4) is 23.7 Å². The van der Waals surface area contributed by atoms with Gasteiger partial charge in [0.2, 0.25) is 0 Å². The topological polar surface area (TPSA) is 94.9 Å². The molecule has 3 aliphatic rings. The van der Waals surface area contributed by atoms with Gasteiger partial charge in [0.05, 0.1) is 18.2 Å². The van der Waals surface area contributed by atoms with Crippen molar-refractivity contribution in [3.05, 3.63) is 101 Å². The summed E-state index contributed by atoms with van der Waals surface area (Å²) >= 11 is 0. The molecular formula is C31H30N4O2. The van der Waals surface area contributed by atoms with Crippen LogP contribution in [0.2, 0.25) is 0 Å². The third-order valence-corrected chi connectivity index (χ3v) is 7.62. The van der Waals surface area contributed by atoms with Crippen LogP contribution in [0.25, 0.3) is 0 Å². The number of nitriles is 1. The Hall–Kier alpha value is -4.10. The quantitative estimate of drug-likeness (QED) is 0.633. The number of piperidine rings is 1. The summed E-state index contributed by atoms with van der Waals surface area (Å²) in [6, 6.07) is 17.6. The van der Waals surface area contributed by atoms with Gasteiger partial charge in [-0.2, -0.15) is 5.26 Å². The number of hydrogen-bond acceptors (Lipinski definition) is 6. The van der Waals surface area contributed by atoms with Crippen molar-refractivity contribution < 1.29 is 9.84 Å². The van der Waals surface area contributed by atoms with Crippen LogP contribution >= 0.6 is 0 Å². The number of aliphatic hydroxyl groups is 1. The van der Waals surface area contributed by atoms with Crippen molar-refractivity contribution in [3.63, 3.8) is 0 Å². The van der Waals surface area contributed by atoms with Crippen LogP contribution in [0.1, 0.15) is 35.6 Å². The Morgan fingerprint density at radius 2 is 2.00 bits per heavy atom. The molecule has 1 atom stereocenters. The van der Waals surface area contributed by atoms with E-state index in [1.807, 2.05) is 6.08 Å². The van der Waals surface area contributed by atoms with Gasteiger partial charge in [0.1, 0.15) is 18.2 Å². The highest BCUT2D eigenvalue weighted by Gasteiger charge is 2.46. The number of hydrogen-bond donors (Lipinski definition) is 2. The Labute approximate surface area is 218 Å². The summed E-state index contributed by atoms with van der Waals surface area (Å²) in [5.74, 6) is 7.45. The number of likely N-dealkylation sites (tertiary alicyclic amines) is 1. The molecule has 1 saturated heterocycles. The van der Waals surface area contributed by atoms with E-state index in [0.29, 0.717) is 22.5 Å². The second-order valence-corrected chi connectivity index (χ2v) is 9.78. The molecule has 2 aromatic rings. The molecule has 5 rings (SSSR count). The first kappa shape index (κ1) is 24.6. The Morgan fingerprint density at radius 1 is 1.19 bits per heavy atom. The number of rotatable bonds is 3. The Morgan fingerprint density at radius 3 is 2.76 bits per heavy atom. The van der Waals surface area contributed by atoms with E-state index >= 15 is 0 Å². The average molecular weight is 491 g/mol. The highest BCUT2D eigenvalue weighted by atomic mass is 16.5. The molecule has 0 radical (unpaired) electrons. The van der Waals surface area contributed by atoms with E-state index in [1.165, 1.54) is 11.1 Å². The van der Waals surface area contributed by atoms with Gasteiger partial charge in [-0.25, -0.2) is 4.99 Å². The average Bonchev–Trinajstić information content (AvgIpc) is 3.09. The monoisotopic (exact) mass is 490 g/mol. The lowest BCUT2D eigenvalue weighted by molar-refractivity contribution is 0.127. The van der Waals surface area contributed by atoms with Crippen LogP contribution in [0.5, 0.6) is 5.75 Å². The number of nitrogens with zero attached hydrogens (tertiary/aromatic N) is 3. The highest BCUT2D eigenvalue weighted by molar-refractivity contribution is 6.00. The molecule has 1 fully saturated rings. The first-order valence-electron chi connectivity index (χ1n) is 12.5. The van der Waals surface area contributed by atoms with Crippen LogP contribution in [0.15, 0.2) is 89.1 Å². The fraction of sp³-hybridized carbons (Fsp3) is 0.290. The minimum atomic E-state index is -0.128. The molecule has 2 aromatic carbocycles. The lowest BCUT2D eigenvalue weighted by Gasteiger charge is -2.43. The number of ether oxygens (including phenoxy) is 1. The maximum atomic E-state index is 10.1. The molecule has 2 heterocycles. The summed E-state index contributed by atoms with van der Waals surface area (Å²) in [7, 11) is 0. The van der Waals surface area contributed by atoms with Crippen LogP contribution in [0.4, 0.5) is 0 Å². The van der Waals surface area contributed by atoms with Crippen molar-refractivity contribution in [1.82, 2.24) is 4.90 Å². The molecule has 6 heteroatoms. The molecule has 6 nitrogen and oxygen atoms in total. The third kappa shape index (κ3) is 4.95. The molecule has 3 N–H and O–H groups in total. The van der Waals surface area contributed by atoms with Crippen LogP contribution < -0.4 is 10.5 Å². The Bertz CT molecular complexity index is 1410. The molecule has 0 aromatic heterocycles. The predicted molar refractivity (Wildman–Crippen MR) is 145 cm³/mol. The molecule has 37 heavy (non-hydrogen) atoms. The number of fused-ring (bicyclic) bond motifs is 1. The summed E-state index contributed by atoms with van der Waals surface area (Å²) in [6.07, 6.45) is 6.56. The summed E-state index contributed by atoms with van der Waals surface area (Å²) in [6.45, 7) is 5.84. The molecule has 2 aliphatic heterocycles. The zero-order valence-corrected chi connectivity index (χ0v) is 20.8. The zero-order valence-electron chi connectivity index (χ0n) is 20.8. The number of nitrogens with two attached hydrogens (primary N) is 1. The number of aliphatic imine (C=N–C) groups is 1. The highest BCUT2D eigenvalue weighted by Crippen LogP contribution is 2.50. The minimum Gasteiger partial charge on any atom is -0.481 e. The third-order valence-electron chi connectivity index (χ3n) is 7.62. The van der Waals surface area contributed by atoms with E-state index in [-0.39, 0.29) is 24.7 Å². The van der Waals surface area contributed by atoms with Crippen LogP contribution in [-0.4, -0.2) is 42.1 Å². The van der Waals surface area contributed by atoms with E-state index in [2.05, 4.69) is 53.7 Å². The second kappa shape index (κ2) is 10.5. The summed E-state index contributed by atoms with van der Waals surface area (Å²) in [5.41, 5.74) is 12.1. The van der Waals surface area contributed by atoms with Crippen molar-refractivity contribution in [2.24, 2.45) is 16.1 Å². The van der Waals surface area contributed by atoms with Crippen LogP contribution in [0.3, 0.4) is 0 Å². The lowest BCUT2D eigenvalue weighted by atomic mass is 9.73. The van der Waals surface area contributed by atoms with Gasteiger partial charge in [-0.15, -0.1) is 0 Å². The molecule has 0 amide bonds. The SMILES string of the molecule is C=C1C=C(CO)C(N2CCC3(CC2)Cc2ccccc2[C@H]3N)=NC=C1C#CCOc1cccc(C#N)c1. The molecule has 1 spiro atoms. The summed E-state index contributed by atoms with van der Waals surface area (Å²) < 4.78 is 5.65. The maximum Gasteiger partial charge on any atom is 0.149 e. The summed E-state index contributed by atoms with van der Waals surface area (Å²) in [4.78, 5) is 6.99. The number of amidine groups is 1. The van der Waals surface area contributed by atoms with Crippen molar-refractivity contribution >= 4 is 5.84 Å². The van der Waals surface area contributed by atoms with Crippen LogP contribution in [-0.2, 0) is 6.42 Å². The van der Waals surface area contributed by atoms with Gasteiger partial charge in [-0.05, 0) is 65.7 Å². The van der Waals surface area contributed by atoms with E-state index < -0.39 is 0 Å². The Balaban J connectivity index is 1.27. The maximum absolute atomic E-state index is 10.1. The minimum absolute atomic E-state index is 0.0564. The van der Waals surface area contributed by atoms with Gasteiger partial charge in [0.25, 0.3) is 0 Å². The van der Waals surface area contributed by atoms with Crippen molar-refractivity contribution in [2.45, 2.75) is 25.3 Å². The largest absolute Gasteiger partial charge is 0.481 e. The molecular weight excluding hydrogens is 460 g/mol. The lowest BCUT2D eigenvalue weighted by Crippen LogP contribution is -2.47. The van der Waals surface area contributed by atoms with Gasteiger partial charge < -0.3 is 20.5 Å². The van der Waals surface area contributed by atoms with E-state index in [4.69, 9.17) is 20.7 Å². The first-order chi connectivity index (χ1) is 18.0. The van der Waals surface area contributed by atoms with Gasteiger partial charge in [0, 0.05) is 36.5 Å². The molecule has 1 aliphatic carbocycles. The van der Waals surface area contributed by atoms with E-state index in [1.54, 1.807) is 30.5 Å². The van der Waals surface area contributed by atoms with E-state index in [9.17, 15) is 5.11 Å². The molecule has 0 bridgehead atoms. The van der Waals surface area contributed by atoms with Gasteiger partial charge >= 0.3 is 0 Å². The second-order valence-electron chi connectivity index (χ2n) is 9.78. The van der Waals surface area contributed by atoms with Crippen molar-refractivity contribution in [2.75, 3.05) is 26.3 Å². The smallest absolute Gasteiger partial charge is 0.149 e. The van der Waals surface area contributed by atoms with Gasteiger partial charge in [0.15, 0.2) is 0 Å². The number of aliphatic hydroxyl groups excluding tert-OH is 1. The normalized spacial score (nSPS) is 20.0. The standard InChI is InChI=1S/C31H30N4O2/c1-22-16-26(21-36)30(34-20-25(22)8-5-15-37-27-9-4-6-23(17-27)19-32)35-13-11-31(12-14-35)18-24-7-2-3-10-28(24)29(31)33/h2-4,6-7,9-10,16-17,20,29,36H,1,11-15,18,21,33H2/t29-/m1/s1. The number of benzene rings is 2. The van der Waals surface area contributed by atoms with Crippen LogP contribution in [0, 0.1) is 28.6 Å². The molecule has 186 valence electrons. The van der Waals surface area contributed by atoms with Crippen molar-refractivity contribution in [1.29, 1.82) is 5.26 Å². The van der Waals surface area contributed by atoms with E-state index in [0.717, 1.165) is 43.8 Å². The first-order valence-corrected chi connectivity index (χ1v) is 12.5. The van der Waals surface area contributed by atoms with Gasteiger partial charge in [-0.1, -0.05) is 48.8 Å². The predicted octanol–water partition coefficient (Wildman–Crippen LogP) is 4.05. The van der Waals surface area contributed by atoms with Gasteiger partial charge in [-0.3, -0.25) is 0 Å².